The number of hydrogen-bond acceptors (Lipinski definition) is 8. The Morgan fingerprint density at radius 3 is 2.61 bits per heavy atom. The number of anilines is 2. The summed E-state index contributed by atoms with van der Waals surface area (Å²) in [5.41, 5.74) is 1.25. The van der Waals surface area contributed by atoms with Crippen molar-refractivity contribution in [2.24, 2.45) is 7.05 Å². The van der Waals surface area contributed by atoms with Crippen LogP contribution in [0, 0.1) is 6.92 Å². The molecular formula is C23H25N7O3. The zero-order valence-electron chi connectivity index (χ0n) is 18.8. The molecule has 0 radical (unpaired) electrons. The van der Waals surface area contributed by atoms with E-state index in [2.05, 4.69) is 30.7 Å². The number of nitrogens with zero attached hydrogens (tertiary/aromatic N) is 5. The fourth-order valence-corrected chi connectivity index (χ4v) is 3.37. The van der Waals surface area contributed by atoms with Gasteiger partial charge < -0.3 is 20.2 Å². The van der Waals surface area contributed by atoms with Gasteiger partial charge in [-0.2, -0.15) is 5.10 Å². The van der Waals surface area contributed by atoms with Gasteiger partial charge >= 0.3 is 5.91 Å². The molecule has 3 heterocycles. The van der Waals surface area contributed by atoms with Crippen LogP contribution in [0.15, 0.2) is 59.5 Å². The predicted octanol–water partition coefficient (Wildman–Crippen LogP) is 3.16. The van der Waals surface area contributed by atoms with Crippen LogP contribution >= 0.6 is 0 Å². The number of benzene rings is 1. The van der Waals surface area contributed by atoms with Crippen molar-refractivity contribution in [2.45, 2.75) is 32.4 Å². The van der Waals surface area contributed by atoms with Gasteiger partial charge in [-0.3, -0.25) is 9.48 Å². The maximum absolute atomic E-state index is 12.9. The van der Waals surface area contributed by atoms with Gasteiger partial charge in [0.2, 0.25) is 5.95 Å². The molecule has 10 nitrogen and oxygen atoms in total. The lowest BCUT2D eigenvalue weighted by atomic mass is 9.92. The SMILES string of the molecule is Cc1cnc(Nc2ccnn2C)nc1-c1coc(C(=O)N[C@@H](c2ccccc2)C(C)(C)O)n1. The summed E-state index contributed by atoms with van der Waals surface area (Å²) in [5, 5.41) is 20.6. The Kier molecular flexibility index (Phi) is 5.93. The van der Waals surface area contributed by atoms with Crippen molar-refractivity contribution in [1.82, 2.24) is 30.0 Å². The second kappa shape index (κ2) is 8.83. The first-order valence-corrected chi connectivity index (χ1v) is 10.3. The summed E-state index contributed by atoms with van der Waals surface area (Å²) in [4.78, 5) is 26.0. The second-order valence-corrected chi connectivity index (χ2v) is 8.20. The van der Waals surface area contributed by atoms with E-state index in [4.69, 9.17) is 4.42 Å². The van der Waals surface area contributed by atoms with Crippen LogP contribution in [0.1, 0.15) is 41.7 Å². The summed E-state index contributed by atoms with van der Waals surface area (Å²) in [6.07, 6.45) is 4.70. The van der Waals surface area contributed by atoms with E-state index < -0.39 is 17.6 Å². The number of amides is 1. The van der Waals surface area contributed by atoms with Crippen LogP contribution in [0.3, 0.4) is 0 Å². The number of rotatable bonds is 7. The van der Waals surface area contributed by atoms with E-state index in [1.807, 2.05) is 37.3 Å². The standard InChI is InChI=1S/C23H25N7O3/c1-14-12-24-22(27-17-10-11-25-30(17)4)28-18(14)16-13-33-21(26-16)20(31)29-19(23(2,3)32)15-8-6-5-7-9-15/h5-13,19,32H,1-4H3,(H,29,31)(H,24,27,28)/t19-/m0/s1. The van der Waals surface area contributed by atoms with Crippen LogP contribution < -0.4 is 10.6 Å². The smallest absolute Gasteiger partial charge is 0.307 e. The van der Waals surface area contributed by atoms with Crippen molar-refractivity contribution in [2.75, 3.05) is 5.32 Å². The third-order valence-electron chi connectivity index (χ3n) is 5.09. The molecule has 0 saturated carbocycles. The monoisotopic (exact) mass is 447 g/mol. The fourth-order valence-electron chi connectivity index (χ4n) is 3.37. The van der Waals surface area contributed by atoms with Crippen LogP contribution in [0.2, 0.25) is 0 Å². The van der Waals surface area contributed by atoms with E-state index in [9.17, 15) is 9.90 Å². The maximum atomic E-state index is 12.9. The molecule has 3 aromatic heterocycles. The van der Waals surface area contributed by atoms with Gasteiger partial charge in [0.05, 0.1) is 17.8 Å². The van der Waals surface area contributed by atoms with Crippen LogP contribution in [-0.4, -0.2) is 41.3 Å². The van der Waals surface area contributed by atoms with E-state index in [-0.39, 0.29) is 5.89 Å². The van der Waals surface area contributed by atoms with E-state index in [1.165, 1.54) is 6.26 Å². The van der Waals surface area contributed by atoms with Crippen molar-refractivity contribution in [3.8, 4) is 11.4 Å². The molecular weight excluding hydrogens is 422 g/mol. The zero-order valence-corrected chi connectivity index (χ0v) is 18.8. The normalized spacial score (nSPS) is 12.4. The highest BCUT2D eigenvalue weighted by Crippen LogP contribution is 2.27. The average molecular weight is 447 g/mol. The molecule has 0 aliphatic rings. The Labute approximate surface area is 190 Å². The average Bonchev–Trinajstić information content (AvgIpc) is 3.42. The molecule has 1 amide bonds. The predicted molar refractivity (Wildman–Crippen MR) is 122 cm³/mol. The van der Waals surface area contributed by atoms with Crippen molar-refractivity contribution < 1.29 is 14.3 Å². The molecule has 0 aliphatic carbocycles. The Morgan fingerprint density at radius 2 is 1.94 bits per heavy atom. The number of oxazole rings is 1. The van der Waals surface area contributed by atoms with Crippen molar-refractivity contribution in [3.05, 3.63) is 72.1 Å². The number of aromatic nitrogens is 5. The van der Waals surface area contributed by atoms with Gasteiger partial charge in [0, 0.05) is 19.3 Å². The molecule has 0 spiro atoms. The highest BCUT2D eigenvalue weighted by Gasteiger charge is 2.31. The summed E-state index contributed by atoms with van der Waals surface area (Å²) in [6.45, 7) is 5.11. The summed E-state index contributed by atoms with van der Waals surface area (Å²) >= 11 is 0. The Balaban J connectivity index is 1.57. The number of carbonyl (C=O) groups excluding carboxylic acids is 1. The highest BCUT2D eigenvalue weighted by atomic mass is 16.4. The van der Waals surface area contributed by atoms with Crippen molar-refractivity contribution in [1.29, 1.82) is 0 Å². The number of aryl methyl sites for hydroxylation is 2. The number of aliphatic hydroxyl groups is 1. The van der Waals surface area contributed by atoms with Gasteiger partial charge in [0.15, 0.2) is 0 Å². The molecule has 4 rings (SSSR count). The molecule has 3 N–H and O–H groups in total. The van der Waals surface area contributed by atoms with E-state index in [1.54, 1.807) is 44.0 Å². The van der Waals surface area contributed by atoms with Gasteiger partial charge in [0.1, 0.15) is 23.5 Å². The molecule has 1 atom stereocenters. The Morgan fingerprint density at radius 1 is 1.18 bits per heavy atom. The fraction of sp³-hybridized carbons (Fsp3) is 0.261. The van der Waals surface area contributed by atoms with Gasteiger partial charge in [-0.05, 0) is 31.9 Å². The van der Waals surface area contributed by atoms with Gasteiger partial charge in [-0.1, -0.05) is 30.3 Å². The molecule has 0 unspecified atom stereocenters. The van der Waals surface area contributed by atoms with E-state index in [0.29, 0.717) is 17.3 Å². The van der Waals surface area contributed by atoms with E-state index >= 15 is 0 Å². The highest BCUT2D eigenvalue weighted by molar-refractivity contribution is 5.90. The lowest BCUT2D eigenvalue weighted by Gasteiger charge is -2.30. The first kappa shape index (κ1) is 22.2. The lowest BCUT2D eigenvalue weighted by Crippen LogP contribution is -2.42. The van der Waals surface area contributed by atoms with Crippen LogP contribution in [0.5, 0.6) is 0 Å². The molecule has 0 bridgehead atoms. The first-order valence-electron chi connectivity index (χ1n) is 10.3. The van der Waals surface area contributed by atoms with E-state index in [0.717, 1.165) is 16.9 Å². The topological polar surface area (TPSA) is 131 Å². The molecule has 0 fully saturated rings. The summed E-state index contributed by atoms with van der Waals surface area (Å²) in [5.74, 6) is 0.412. The van der Waals surface area contributed by atoms with Gasteiger partial charge in [-0.25, -0.2) is 15.0 Å². The number of carbonyl (C=O) groups is 1. The molecule has 0 saturated heterocycles. The molecule has 0 aliphatic heterocycles. The largest absolute Gasteiger partial charge is 0.440 e. The quantitative estimate of drug-likeness (QED) is 0.394. The molecule has 170 valence electrons. The summed E-state index contributed by atoms with van der Waals surface area (Å²) in [7, 11) is 1.80. The zero-order chi connectivity index (χ0) is 23.6. The third kappa shape index (κ3) is 4.90. The minimum atomic E-state index is -1.21. The molecule has 4 aromatic rings. The Bertz CT molecular complexity index is 1260. The van der Waals surface area contributed by atoms with Gasteiger partial charge in [-0.15, -0.1) is 0 Å². The summed E-state index contributed by atoms with van der Waals surface area (Å²) in [6, 6.07) is 10.4. The third-order valence-corrected chi connectivity index (χ3v) is 5.09. The lowest BCUT2D eigenvalue weighted by molar-refractivity contribution is 0.0335. The second-order valence-electron chi connectivity index (χ2n) is 8.20. The van der Waals surface area contributed by atoms with Crippen molar-refractivity contribution in [3.63, 3.8) is 0 Å². The van der Waals surface area contributed by atoms with Gasteiger partial charge in [0.25, 0.3) is 5.89 Å². The van der Waals surface area contributed by atoms with Crippen molar-refractivity contribution >= 4 is 17.7 Å². The molecule has 1 aromatic carbocycles. The van der Waals surface area contributed by atoms with Crippen LogP contribution in [0.25, 0.3) is 11.4 Å². The first-order chi connectivity index (χ1) is 15.7. The summed E-state index contributed by atoms with van der Waals surface area (Å²) < 4.78 is 7.11. The number of hydrogen-bond donors (Lipinski definition) is 3. The Hall–Kier alpha value is -4.05. The maximum Gasteiger partial charge on any atom is 0.307 e. The minimum Gasteiger partial charge on any atom is -0.440 e. The molecule has 33 heavy (non-hydrogen) atoms. The van der Waals surface area contributed by atoms with Crippen LogP contribution in [-0.2, 0) is 7.05 Å². The number of nitrogens with one attached hydrogen (secondary N) is 2. The minimum absolute atomic E-state index is 0.130. The molecule has 10 heteroatoms. The van der Waals surface area contributed by atoms with Crippen LogP contribution in [0.4, 0.5) is 11.8 Å².